The summed E-state index contributed by atoms with van der Waals surface area (Å²) < 4.78 is 22.6. The van der Waals surface area contributed by atoms with Crippen LogP contribution in [0.1, 0.15) is 56.2 Å². The van der Waals surface area contributed by atoms with Crippen LogP contribution in [0.2, 0.25) is 0 Å². The zero-order chi connectivity index (χ0) is 30.0. The van der Waals surface area contributed by atoms with Gasteiger partial charge in [0.15, 0.2) is 11.4 Å². The van der Waals surface area contributed by atoms with Crippen molar-refractivity contribution in [3.63, 3.8) is 0 Å². The Balaban J connectivity index is 1.74. The Morgan fingerprint density at radius 1 is 0.927 bits per heavy atom. The molecule has 3 aromatic rings. The molecule has 2 aromatic carbocycles. The molecule has 9 heteroatoms. The van der Waals surface area contributed by atoms with Crippen LogP contribution in [0.5, 0.6) is 11.5 Å². The maximum absolute atomic E-state index is 13.2. The van der Waals surface area contributed by atoms with E-state index < -0.39 is 35.6 Å². The fourth-order valence-electron chi connectivity index (χ4n) is 4.48. The summed E-state index contributed by atoms with van der Waals surface area (Å²) in [6, 6.07) is 20.3. The predicted molar refractivity (Wildman–Crippen MR) is 154 cm³/mol. The van der Waals surface area contributed by atoms with Gasteiger partial charge < -0.3 is 24.3 Å². The van der Waals surface area contributed by atoms with E-state index in [2.05, 4.69) is 10.3 Å². The molecule has 0 radical (unpaired) electrons. The Bertz CT molecular complexity index is 1310. The number of benzene rings is 2. The minimum absolute atomic E-state index is 0.130. The highest BCUT2D eigenvalue weighted by molar-refractivity contribution is 5.98. The van der Waals surface area contributed by atoms with E-state index in [9.17, 15) is 14.4 Å². The number of esters is 2. The molecule has 0 aliphatic carbocycles. The van der Waals surface area contributed by atoms with Crippen LogP contribution in [-0.2, 0) is 32.1 Å². The highest BCUT2D eigenvalue weighted by Gasteiger charge is 2.37. The van der Waals surface area contributed by atoms with Gasteiger partial charge in [-0.15, -0.1) is 0 Å². The van der Waals surface area contributed by atoms with Crippen molar-refractivity contribution >= 4 is 17.8 Å². The number of hydrogen-bond acceptors (Lipinski definition) is 8. The van der Waals surface area contributed by atoms with E-state index in [0.29, 0.717) is 13.0 Å². The molecule has 0 aliphatic heterocycles. The lowest BCUT2D eigenvalue weighted by Crippen LogP contribution is -2.46. The fraction of sp³-hybridized carbons (Fsp3) is 0.375. The standard InChI is InChI=1S/C32H38N2O7/c1-21(34-30(36)28-29(41-23(3)35)27(38-6)17-18-33-28)31(37)40-22(2)26(19-24-13-9-7-10-14-24)32(4,5)39-20-25-15-11-8-12-16-25/h7-18,21-22,26H,19-20H2,1-6H3,(H,34,36)/t21-,22-,26-/m0/s1. The van der Waals surface area contributed by atoms with Crippen LogP contribution in [0.15, 0.2) is 72.9 Å². The Kier molecular flexibility index (Phi) is 11.0. The number of amides is 1. The molecule has 1 heterocycles. The van der Waals surface area contributed by atoms with Crippen LogP contribution < -0.4 is 14.8 Å². The number of methoxy groups -OCH3 is 1. The first-order chi connectivity index (χ1) is 19.5. The third kappa shape index (κ3) is 8.88. The Hall–Kier alpha value is -4.24. The molecule has 9 nitrogen and oxygen atoms in total. The van der Waals surface area contributed by atoms with Crippen molar-refractivity contribution < 1.29 is 33.3 Å². The Morgan fingerprint density at radius 3 is 2.12 bits per heavy atom. The summed E-state index contributed by atoms with van der Waals surface area (Å²) in [6.07, 6.45) is 1.40. The predicted octanol–water partition coefficient (Wildman–Crippen LogP) is 4.92. The first kappa shape index (κ1) is 31.3. The molecule has 3 rings (SSSR count). The number of carbonyl (C=O) groups is 3. The van der Waals surface area contributed by atoms with E-state index in [4.69, 9.17) is 18.9 Å². The summed E-state index contributed by atoms with van der Waals surface area (Å²) in [5, 5.41) is 2.59. The molecule has 0 saturated carbocycles. The van der Waals surface area contributed by atoms with Crippen LogP contribution in [0.3, 0.4) is 0 Å². The van der Waals surface area contributed by atoms with E-state index in [1.807, 2.05) is 81.4 Å². The number of ether oxygens (including phenoxy) is 4. The van der Waals surface area contributed by atoms with Crippen LogP contribution >= 0.6 is 0 Å². The number of hydrogen-bond donors (Lipinski definition) is 1. The minimum Gasteiger partial charge on any atom is -0.493 e. The lowest BCUT2D eigenvalue weighted by Gasteiger charge is -2.38. The molecule has 1 aromatic heterocycles. The second-order valence-electron chi connectivity index (χ2n) is 10.3. The quantitative estimate of drug-likeness (QED) is 0.292. The van der Waals surface area contributed by atoms with E-state index in [1.54, 1.807) is 0 Å². The van der Waals surface area contributed by atoms with Gasteiger partial charge in [-0.3, -0.25) is 9.59 Å². The van der Waals surface area contributed by atoms with E-state index in [1.165, 1.54) is 33.2 Å². The average molecular weight is 563 g/mol. The lowest BCUT2D eigenvalue weighted by molar-refractivity contribution is -0.162. The van der Waals surface area contributed by atoms with Crippen molar-refractivity contribution in [2.75, 3.05) is 7.11 Å². The van der Waals surface area contributed by atoms with Gasteiger partial charge in [-0.2, -0.15) is 0 Å². The summed E-state index contributed by atoms with van der Waals surface area (Å²) in [4.78, 5) is 41.8. The van der Waals surface area contributed by atoms with Gasteiger partial charge in [0.25, 0.3) is 5.91 Å². The molecule has 3 atom stereocenters. The van der Waals surface area contributed by atoms with Gasteiger partial charge in [-0.1, -0.05) is 60.7 Å². The largest absolute Gasteiger partial charge is 0.493 e. The maximum atomic E-state index is 13.2. The van der Waals surface area contributed by atoms with Gasteiger partial charge in [0.2, 0.25) is 5.75 Å². The van der Waals surface area contributed by atoms with Crippen LogP contribution in [0, 0.1) is 5.92 Å². The highest BCUT2D eigenvalue weighted by atomic mass is 16.6. The maximum Gasteiger partial charge on any atom is 0.328 e. The Morgan fingerprint density at radius 2 is 1.54 bits per heavy atom. The summed E-state index contributed by atoms with van der Waals surface area (Å²) in [6.45, 7) is 8.93. The van der Waals surface area contributed by atoms with Crippen molar-refractivity contribution in [3.05, 3.63) is 89.7 Å². The molecule has 0 bridgehead atoms. The summed E-state index contributed by atoms with van der Waals surface area (Å²) in [5.74, 6) is -2.17. The zero-order valence-corrected chi connectivity index (χ0v) is 24.4. The van der Waals surface area contributed by atoms with Crippen molar-refractivity contribution in [3.8, 4) is 11.5 Å². The highest BCUT2D eigenvalue weighted by Crippen LogP contribution is 2.32. The molecule has 1 N–H and O–H groups in total. The molecule has 218 valence electrons. The topological polar surface area (TPSA) is 113 Å². The molecule has 41 heavy (non-hydrogen) atoms. The minimum atomic E-state index is -1.02. The number of rotatable bonds is 13. The van der Waals surface area contributed by atoms with Crippen molar-refractivity contribution in [2.45, 2.75) is 65.4 Å². The van der Waals surface area contributed by atoms with Gasteiger partial charge in [0, 0.05) is 25.1 Å². The van der Waals surface area contributed by atoms with Gasteiger partial charge in [0.05, 0.1) is 19.3 Å². The van der Waals surface area contributed by atoms with Crippen LogP contribution in [-0.4, -0.2) is 47.7 Å². The average Bonchev–Trinajstić information content (AvgIpc) is 2.95. The third-order valence-electron chi connectivity index (χ3n) is 6.76. The number of nitrogens with zero attached hydrogens (tertiary/aromatic N) is 1. The van der Waals surface area contributed by atoms with Gasteiger partial charge in [0.1, 0.15) is 12.1 Å². The molecular formula is C32H38N2O7. The second-order valence-corrected chi connectivity index (χ2v) is 10.3. The van der Waals surface area contributed by atoms with Crippen molar-refractivity contribution in [1.82, 2.24) is 10.3 Å². The second kappa shape index (κ2) is 14.4. The Labute approximate surface area is 241 Å². The number of aromatic nitrogens is 1. The van der Waals surface area contributed by atoms with Crippen LogP contribution in [0.25, 0.3) is 0 Å². The summed E-state index contributed by atoms with van der Waals surface area (Å²) in [5.41, 5.74) is 1.27. The summed E-state index contributed by atoms with van der Waals surface area (Å²) >= 11 is 0. The van der Waals surface area contributed by atoms with E-state index in [0.717, 1.165) is 11.1 Å². The van der Waals surface area contributed by atoms with Gasteiger partial charge in [-0.25, -0.2) is 9.78 Å². The van der Waals surface area contributed by atoms with Crippen molar-refractivity contribution in [1.29, 1.82) is 0 Å². The molecule has 1 amide bonds. The molecule has 0 saturated heterocycles. The number of nitrogens with one attached hydrogen (secondary N) is 1. The summed E-state index contributed by atoms with van der Waals surface area (Å²) in [7, 11) is 1.38. The van der Waals surface area contributed by atoms with E-state index >= 15 is 0 Å². The van der Waals surface area contributed by atoms with Crippen molar-refractivity contribution in [2.24, 2.45) is 5.92 Å². The lowest BCUT2D eigenvalue weighted by atomic mass is 9.81. The SMILES string of the molecule is COc1ccnc(C(=O)N[C@@H](C)C(=O)O[C@@H](C)[C@H](Cc2ccccc2)C(C)(C)OCc2ccccc2)c1OC(C)=O. The first-order valence-electron chi connectivity index (χ1n) is 13.5. The molecule has 0 unspecified atom stereocenters. The third-order valence-corrected chi connectivity index (χ3v) is 6.76. The number of carbonyl (C=O) groups excluding carboxylic acids is 3. The normalized spacial score (nSPS) is 13.4. The smallest absolute Gasteiger partial charge is 0.328 e. The fourth-order valence-corrected chi connectivity index (χ4v) is 4.48. The van der Waals surface area contributed by atoms with Gasteiger partial charge >= 0.3 is 11.9 Å². The number of pyridine rings is 1. The molecule has 0 spiro atoms. The molecule has 0 aliphatic rings. The first-order valence-corrected chi connectivity index (χ1v) is 13.5. The van der Waals surface area contributed by atoms with E-state index in [-0.39, 0.29) is 23.1 Å². The zero-order valence-electron chi connectivity index (χ0n) is 24.4. The molecular weight excluding hydrogens is 524 g/mol. The van der Waals surface area contributed by atoms with Crippen LogP contribution in [0.4, 0.5) is 0 Å². The van der Waals surface area contributed by atoms with Gasteiger partial charge in [-0.05, 0) is 45.2 Å². The monoisotopic (exact) mass is 562 g/mol. The molecule has 0 fully saturated rings.